The Bertz CT molecular complexity index is 655. The Morgan fingerprint density at radius 2 is 2.21 bits per heavy atom. The molecule has 0 atom stereocenters. The van der Waals surface area contributed by atoms with Crippen molar-refractivity contribution in [1.29, 1.82) is 0 Å². The van der Waals surface area contributed by atoms with Crippen LogP contribution in [0.1, 0.15) is 16.1 Å². The van der Waals surface area contributed by atoms with E-state index < -0.39 is 11.7 Å². The van der Waals surface area contributed by atoms with Crippen molar-refractivity contribution in [1.82, 2.24) is 9.78 Å². The number of carbonyl (C=O) groups excluding carboxylic acids is 1. The molecule has 0 spiro atoms. The smallest absolute Gasteiger partial charge is 0.256 e. The van der Waals surface area contributed by atoms with Crippen LogP contribution in [0, 0.1) is 12.7 Å². The van der Waals surface area contributed by atoms with Gasteiger partial charge in [0.25, 0.3) is 5.91 Å². The molecule has 0 saturated carbocycles. The maximum absolute atomic E-state index is 13.0. The van der Waals surface area contributed by atoms with Crippen LogP contribution >= 0.6 is 15.9 Å². The van der Waals surface area contributed by atoms with Gasteiger partial charge in [0.2, 0.25) is 5.88 Å². The van der Waals surface area contributed by atoms with Gasteiger partial charge in [-0.3, -0.25) is 4.79 Å². The molecular formula is C12H11BrFN3O2. The molecule has 1 aromatic carbocycles. The van der Waals surface area contributed by atoms with E-state index in [0.29, 0.717) is 15.9 Å². The molecule has 0 aliphatic heterocycles. The molecule has 2 aromatic rings. The molecule has 0 bridgehead atoms. The Labute approximate surface area is 117 Å². The highest BCUT2D eigenvalue weighted by molar-refractivity contribution is 9.10. The molecule has 5 nitrogen and oxygen atoms in total. The minimum absolute atomic E-state index is 0.207. The molecule has 0 aliphatic rings. The van der Waals surface area contributed by atoms with Gasteiger partial charge in [-0.2, -0.15) is 5.10 Å². The predicted octanol–water partition coefficient (Wildman–Crippen LogP) is 2.52. The highest BCUT2D eigenvalue weighted by Crippen LogP contribution is 2.32. The van der Waals surface area contributed by atoms with Crippen LogP contribution in [-0.4, -0.2) is 15.7 Å². The molecule has 0 saturated heterocycles. The molecular weight excluding hydrogens is 317 g/mol. The van der Waals surface area contributed by atoms with Gasteiger partial charge in [-0.25, -0.2) is 9.07 Å². The quantitative estimate of drug-likeness (QED) is 0.941. The Morgan fingerprint density at radius 3 is 2.79 bits per heavy atom. The van der Waals surface area contributed by atoms with Gasteiger partial charge in [0, 0.05) is 7.05 Å². The lowest BCUT2D eigenvalue weighted by atomic mass is 10.2. The van der Waals surface area contributed by atoms with E-state index in [2.05, 4.69) is 21.0 Å². The lowest BCUT2D eigenvalue weighted by Crippen LogP contribution is -2.13. The largest absolute Gasteiger partial charge is 0.437 e. The average molecular weight is 328 g/mol. The summed E-state index contributed by atoms with van der Waals surface area (Å²) in [5.41, 5.74) is 5.98. The number of carbonyl (C=O) groups is 1. The summed E-state index contributed by atoms with van der Waals surface area (Å²) >= 11 is 3.19. The van der Waals surface area contributed by atoms with E-state index in [0.717, 1.165) is 0 Å². The number of aromatic nitrogens is 2. The molecule has 0 fully saturated rings. The van der Waals surface area contributed by atoms with Crippen LogP contribution in [0.3, 0.4) is 0 Å². The highest BCUT2D eigenvalue weighted by Gasteiger charge is 2.20. The van der Waals surface area contributed by atoms with Gasteiger partial charge in [-0.05, 0) is 41.1 Å². The van der Waals surface area contributed by atoms with E-state index in [1.807, 2.05) is 0 Å². The van der Waals surface area contributed by atoms with Gasteiger partial charge in [0.1, 0.15) is 17.1 Å². The number of aryl methyl sites for hydroxylation is 2. The molecule has 2 rings (SSSR count). The highest BCUT2D eigenvalue weighted by atomic mass is 79.9. The summed E-state index contributed by atoms with van der Waals surface area (Å²) < 4.78 is 20.4. The number of nitrogens with zero attached hydrogens (tertiary/aromatic N) is 2. The van der Waals surface area contributed by atoms with Gasteiger partial charge in [-0.15, -0.1) is 0 Å². The van der Waals surface area contributed by atoms with E-state index in [-0.39, 0.29) is 11.4 Å². The van der Waals surface area contributed by atoms with Crippen LogP contribution < -0.4 is 10.5 Å². The molecule has 0 unspecified atom stereocenters. The first-order valence-electron chi connectivity index (χ1n) is 5.36. The molecule has 1 heterocycles. The van der Waals surface area contributed by atoms with Crippen LogP contribution in [0.2, 0.25) is 0 Å². The Kier molecular flexibility index (Phi) is 3.57. The maximum Gasteiger partial charge on any atom is 0.256 e. The SMILES string of the molecule is Cc1nn(C)c(Oc2ccc(F)cc2Br)c1C(N)=O. The summed E-state index contributed by atoms with van der Waals surface area (Å²) in [6.45, 7) is 1.66. The van der Waals surface area contributed by atoms with Crippen molar-refractivity contribution in [3.63, 3.8) is 0 Å². The first-order valence-corrected chi connectivity index (χ1v) is 6.15. The van der Waals surface area contributed by atoms with E-state index in [9.17, 15) is 9.18 Å². The van der Waals surface area contributed by atoms with E-state index in [1.54, 1.807) is 14.0 Å². The van der Waals surface area contributed by atoms with E-state index in [1.165, 1.54) is 22.9 Å². The monoisotopic (exact) mass is 327 g/mol. The first kappa shape index (κ1) is 13.5. The van der Waals surface area contributed by atoms with E-state index in [4.69, 9.17) is 10.5 Å². The van der Waals surface area contributed by atoms with Crippen molar-refractivity contribution >= 4 is 21.8 Å². The summed E-state index contributed by atoms with van der Waals surface area (Å²) in [5, 5.41) is 4.08. The number of primary amides is 1. The number of ether oxygens (including phenoxy) is 1. The third-order valence-electron chi connectivity index (χ3n) is 2.52. The Balaban J connectivity index is 2.46. The van der Waals surface area contributed by atoms with Gasteiger partial charge < -0.3 is 10.5 Å². The fourth-order valence-corrected chi connectivity index (χ4v) is 2.13. The van der Waals surface area contributed by atoms with Crippen LogP contribution in [0.4, 0.5) is 4.39 Å². The van der Waals surface area contributed by atoms with E-state index >= 15 is 0 Å². The lowest BCUT2D eigenvalue weighted by Gasteiger charge is -2.09. The minimum atomic E-state index is -0.626. The van der Waals surface area contributed by atoms with Crippen LogP contribution in [0.25, 0.3) is 0 Å². The van der Waals surface area contributed by atoms with Crippen molar-refractivity contribution in [3.05, 3.63) is 39.7 Å². The molecule has 7 heteroatoms. The van der Waals surface area contributed by atoms with Crippen molar-refractivity contribution in [2.45, 2.75) is 6.92 Å². The molecule has 2 N–H and O–H groups in total. The fourth-order valence-electron chi connectivity index (χ4n) is 1.70. The number of halogens is 2. The van der Waals surface area contributed by atoms with Crippen LogP contribution in [0.5, 0.6) is 11.6 Å². The zero-order valence-corrected chi connectivity index (χ0v) is 11.9. The number of amides is 1. The summed E-state index contributed by atoms with van der Waals surface area (Å²) in [7, 11) is 1.63. The average Bonchev–Trinajstić information content (AvgIpc) is 2.57. The second-order valence-corrected chi connectivity index (χ2v) is 4.78. The van der Waals surface area contributed by atoms with Crippen molar-refractivity contribution in [2.24, 2.45) is 12.8 Å². The van der Waals surface area contributed by atoms with Gasteiger partial charge in [0.05, 0.1) is 10.2 Å². The van der Waals surface area contributed by atoms with Crippen molar-refractivity contribution in [2.75, 3.05) is 0 Å². The number of rotatable bonds is 3. The predicted molar refractivity (Wildman–Crippen MR) is 70.6 cm³/mol. The van der Waals surface area contributed by atoms with Crippen molar-refractivity contribution in [3.8, 4) is 11.6 Å². The number of hydrogen-bond acceptors (Lipinski definition) is 3. The molecule has 0 aliphatic carbocycles. The normalized spacial score (nSPS) is 10.5. The van der Waals surface area contributed by atoms with Crippen LogP contribution in [-0.2, 0) is 7.05 Å². The second-order valence-electron chi connectivity index (χ2n) is 3.93. The lowest BCUT2D eigenvalue weighted by molar-refractivity contribution is 0.0997. The minimum Gasteiger partial charge on any atom is -0.437 e. The molecule has 100 valence electrons. The zero-order valence-electron chi connectivity index (χ0n) is 10.3. The maximum atomic E-state index is 13.0. The Morgan fingerprint density at radius 1 is 1.53 bits per heavy atom. The second kappa shape index (κ2) is 5.00. The topological polar surface area (TPSA) is 70.1 Å². The van der Waals surface area contributed by atoms with Gasteiger partial charge in [-0.1, -0.05) is 0 Å². The molecule has 0 radical (unpaired) electrons. The summed E-state index contributed by atoms with van der Waals surface area (Å²) in [6, 6.07) is 3.97. The zero-order chi connectivity index (χ0) is 14.2. The van der Waals surface area contributed by atoms with Gasteiger partial charge >= 0.3 is 0 Å². The standard InChI is InChI=1S/C12H11BrFN3O2/c1-6-10(11(15)18)12(17(2)16-6)19-9-4-3-7(14)5-8(9)13/h3-5H,1-2H3,(H2,15,18). The summed E-state index contributed by atoms with van der Waals surface area (Å²) in [6.07, 6.45) is 0. The Hall–Kier alpha value is -1.89. The van der Waals surface area contributed by atoms with Crippen molar-refractivity contribution < 1.29 is 13.9 Å². The third kappa shape index (κ3) is 2.60. The van der Waals surface area contributed by atoms with Crippen LogP contribution in [0.15, 0.2) is 22.7 Å². The molecule has 1 amide bonds. The summed E-state index contributed by atoms with van der Waals surface area (Å²) in [4.78, 5) is 11.4. The third-order valence-corrected chi connectivity index (χ3v) is 3.14. The first-order chi connectivity index (χ1) is 8.90. The van der Waals surface area contributed by atoms with Gasteiger partial charge in [0.15, 0.2) is 0 Å². The summed E-state index contributed by atoms with van der Waals surface area (Å²) in [5.74, 6) is -0.432. The molecule has 19 heavy (non-hydrogen) atoms. The fraction of sp³-hybridized carbons (Fsp3) is 0.167. The number of nitrogens with two attached hydrogens (primary N) is 1. The molecule has 1 aromatic heterocycles. The number of benzene rings is 1. The number of hydrogen-bond donors (Lipinski definition) is 1.